The Morgan fingerprint density at radius 3 is 2.52 bits per heavy atom. The van der Waals surface area contributed by atoms with Gasteiger partial charge in [0.05, 0.1) is 5.75 Å². The van der Waals surface area contributed by atoms with Crippen molar-refractivity contribution < 1.29 is 18.5 Å². The standard InChI is InChI=1S/C18H24N2O4S/c1-5-6-10-14(2)13-25(23,19-16(4)21)20-18(22)24-15(3)17-11-8-7-9-12-17/h1,7-9,11-12,14-15H,6,10,13H2,2-4H3,(H,19,20,21,22,23)/t14-,15-,25?/m0/s1. The second-order valence-corrected chi connectivity index (χ2v) is 7.84. The highest BCUT2D eigenvalue weighted by Gasteiger charge is 2.19. The maximum atomic E-state index is 12.8. The number of rotatable bonds is 7. The van der Waals surface area contributed by atoms with Crippen LogP contribution in [-0.2, 0) is 19.4 Å². The SMILES string of the molecule is C#CCC[C@H](C)CS(=O)(=NC(=O)O[C@@H](C)c1ccccc1)NC(C)=O. The summed E-state index contributed by atoms with van der Waals surface area (Å²) < 4.78 is 24.0. The molecule has 1 aromatic carbocycles. The molecular weight excluding hydrogens is 340 g/mol. The molecule has 0 bridgehead atoms. The first-order valence-corrected chi connectivity index (χ1v) is 9.66. The molecule has 6 nitrogen and oxygen atoms in total. The summed E-state index contributed by atoms with van der Waals surface area (Å²) in [5, 5.41) is 0. The molecule has 2 amide bonds. The molecule has 0 aliphatic carbocycles. The smallest absolute Gasteiger partial charge is 0.440 e. The van der Waals surface area contributed by atoms with Crippen molar-refractivity contribution in [3.63, 3.8) is 0 Å². The number of ether oxygens (including phenoxy) is 1. The van der Waals surface area contributed by atoms with Gasteiger partial charge in [-0.15, -0.1) is 16.7 Å². The van der Waals surface area contributed by atoms with Gasteiger partial charge in [0, 0.05) is 13.3 Å². The van der Waals surface area contributed by atoms with Crippen molar-refractivity contribution in [1.82, 2.24) is 4.72 Å². The topological polar surface area (TPSA) is 84.8 Å². The van der Waals surface area contributed by atoms with Crippen molar-refractivity contribution >= 4 is 21.9 Å². The number of carbonyl (C=O) groups is 2. The Morgan fingerprint density at radius 2 is 1.96 bits per heavy atom. The van der Waals surface area contributed by atoms with E-state index in [9.17, 15) is 13.8 Å². The minimum absolute atomic E-state index is 0.0308. The number of hydrogen-bond acceptors (Lipinski definition) is 4. The fraction of sp³-hybridized carbons (Fsp3) is 0.444. The number of benzene rings is 1. The van der Waals surface area contributed by atoms with Crippen LogP contribution in [0.15, 0.2) is 34.7 Å². The van der Waals surface area contributed by atoms with Gasteiger partial charge in [0.1, 0.15) is 16.0 Å². The summed E-state index contributed by atoms with van der Waals surface area (Å²) in [5.41, 5.74) is 0.791. The molecule has 0 aliphatic heterocycles. The molecule has 0 heterocycles. The molecule has 136 valence electrons. The predicted octanol–water partition coefficient (Wildman–Crippen LogP) is 3.45. The molecule has 0 saturated heterocycles. The van der Waals surface area contributed by atoms with Crippen LogP contribution in [0.4, 0.5) is 4.79 Å². The number of amides is 2. The molecule has 1 N–H and O–H groups in total. The average molecular weight is 364 g/mol. The van der Waals surface area contributed by atoms with E-state index in [0.29, 0.717) is 12.8 Å². The van der Waals surface area contributed by atoms with Gasteiger partial charge in [-0.1, -0.05) is 37.3 Å². The van der Waals surface area contributed by atoms with Gasteiger partial charge in [-0.25, -0.2) is 9.00 Å². The first kappa shape index (κ1) is 20.7. The van der Waals surface area contributed by atoms with E-state index in [0.717, 1.165) is 5.56 Å². The van der Waals surface area contributed by atoms with Gasteiger partial charge < -0.3 is 4.74 Å². The van der Waals surface area contributed by atoms with Crippen LogP contribution in [0.1, 0.15) is 45.3 Å². The molecule has 0 saturated carbocycles. The van der Waals surface area contributed by atoms with Gasteiger partial charge in [0.25, 0.3) is 0 Å². The van der Waals surface area contributed by atoms with Crippen molar-refractivity contribution in [3.05, 3.63) is 35.9 Å². The lowest BCUT2D eigenvalue weighted by Crippen LogP contribution is -2.33. The van der Waals surface area contributed by atoms with Crippen molar-refractivity contribution in [2.45, 2.75) is 39.7 Å². The Hall–Kier alpha value is -2.33. The van der Waals surface area contributed by atoms with Gasteiger partial charge >= 0.3 is 6.09 Å². The third-order valence-corrected chi connectivity index (χ3v) is 5.43. The van der Waals surface area contributed by atoms with Crippen LogP contribution in [0.5, 0.6) is 0 Å². The van der Waals surface area contributed by atoms with E-state index < -0.39 is 28.0 Å². The van der Waals surface area contributed by atoms with Gasteiger partial charge in [0.15, 0.2) is 0 Å². The highest BCUT2D eigenvalue weighted by Crippen LogP contribution is 2.17. The summed E-state index contributed by atoms with van der Waals surface area (Å²) >= 11 is 0. The number of nitrogens with zero attached hydrogens (tertiary/aromatic N) is 1. The first-order valence-electron chi connectivity index (χ1n) is 7.98. The Morgan fingerprint density at radius 1 is 1.32 bits per heavy atom. The van der Waals surface area contributed by atoms with Gasteiger partial charge in [-0.2, -0.15) is 0 Å². The molecule has 0 radical (unpaired) electrons. The number of carbonyl (C=O) groups excluding carboxylic acids is 2. The van der Waals surface area contributed by atoms with E-state index in [-0.39, 0.29) is 11.7 Å². The molecular formula is C18H24N2O4S. The minimum atomic E-state index is -3.26. The van der Waals surface area contributed by atoms with E-state index in [1.165, 1.54) is 6.92 Å². The van der Waals surface area contributed by atoms with Crippen LogP contribution in [0.25, 0.3) is 0 Å². The summed E-state index contributed by atoms with van der Waals surface area (Å²) in [5.74, 6) is 1.94. The van der Waals surface area contributed by atoms with E-state index >= 15 is 0 Å². The zero-order valence-electron chi connectivity index (χ0n) is 14.7. The molecule has 7 heteroatoms. The Bertz CT molecular complexity index is 746. The Labute approximate surface area is 149 Å². The van der Waals surface area contributed by atoms with E-state index in [2.05, 4.69) is 15.0 Å². The van der Waals surface area contributed by atoms with Crippen LogP contribution in [0.3, 0.4) is 0 Å². The van der Waals surface area contributed by atoms with Crippen molar-refractivity contribution in [1.29, 1.82) is 0 Å². The van der Waals surface area contributed by atoms with Crippen molar-refractivity contribution in [2.75, 3.05) is 5.75 Å². The molecule has 0 aliphatic rings. The highest BCUT2D eigenvalue weighted by molar-refractivity contribution is 7.92. The van der Waals surface area contributed by atoms with E-state index in [1.807, 2.05) is 37.3 Å². The maximum absolute atomic E-state index is 12.8. The Balaban J connectivity index is 2.89. The summed E-state index contributed by atoms with van der Waals surface area (Å²) in [7, 11) is -3.26. The summed E-state index contributed by atoms with van der Waals surface area (Å²) in [6, 6.07) is 9.12. The van der Waals surface area contributed by atoms with Crippen LogP contribution in [0.2, 0.25) is 0 Å². The zero-order valence-corrected chi connectivity index (χ0v) is 15.5. The fourth-order valence-electron chi connectivity index (χ4n) is 2.21. The maximum Gasteiger partial charge on any atom is 0.443 e. The molecule has 25 heavy (non-hydrogen) atoms. The normalized spacial score (nSPS) is 15.1. The highest BCUT2D eigenvalue weighted by atomic mass is 32.2. The van der Waals surface area contributed by atoms with Crippen molar-refractivity contribution in [2.24, 2.45) is 10.3 Å². The molecule has 0 aromatic heterocycles. The quantitative estimate of drug-likeness (QED) is 0.751. The molecule has 0 fully saturated rings. The van der Waals surface area contributed by atoms with E-state index in [1.54, 1.807) is 6.92 Å². The second kappa shape index (κ2) is 9.84. The number of terminal acetylenes is 1. The molecule has 1 unspecified atom stereocenters. The predicted molar refractivity (Wildman–Crippen MR) is 97.8 cm³/mol. The molecule has 0 spiro atoms. The van der Waals surface area contributed by atoms with Crippen LogP contribution < -0.4 is 4.72 Å². The van der Waals surface area contributed by atoms with Crippen LogP contribution in [-0.4, -0.2) is 22.0 Å². The fourth-order valence-corrected chi connectivity index (χ4v) is 4.08. The van der Waals surface area contributed by atoms with Gasteiger partial charge in [-0.05, 0) is 24.8 Å². The van der Waals surface area contributed by atoms with Gasteiger partial charge in [0.2, 0.25) is 5.91 Å². The van der Waals surface area contributed by atoms with Gasteiger partial charge in [-0.3, -0.25) is 9.52 Å². The summed E-state index contributed by atoms with van der Waals surface area (Å²) in [4.78, 5) is 23.4. The second-order valence-electron chi connectivity index (χ2n) is 5.84. The zero-order chi connectivity index (χ0) is 18.9. The first-order chi connectivity index (χ1) is 11.8. The number of hydrogen-bond donors (Lipinski definition) is 1. The third kappa shape index (κ3) is 7.86. The number of nitrogens with one attached hydrogen (secondary N) is 1. The lowest BCUT2D eigenvalue weighted by molar-refractivity contribution is -0.117. The lowest BCUT2D eigenvalue weighted by Gasteiger charge is -2.16. The molecule has 1 aromatic rings. The lowest BCUT2D eigenvalue weighted by atomic mass is 10.1. The van der Waals surface area contributed by atoms with E-state index in [4.69, 9.17) is 11.2 Å². The molecule has 3 atom stereocenters. The largest absolute Gasteiger partial charge is 0.443 e. The van der Waals surface area contributed by atoms with Crippen molar-refractivity contribution in [3.8, 4) is 12.3 Å². The van der Waals surface area contributed by atoms with Crippen LogP contribution >= 0.6 is 0 Å². The monoisotopic (exact) mass is 364 g/mol. The summed E-state index contributed by atoms with van der Waals surface area (Å²) in [6.45, 7) is 4.75. The Kier molecular flexibility index (Phi) is 8.16. The third-order valence-electron chi connectivity index (χ3n) is 3.36. The van der Waals surface area contributed by atoms with Crippen LogP contribution in [0, 0.1) is 18.3 Å². The summed E-state index contributed by atoms with van der Waals surface area (Å²) in [6.07, 6.45) is 4.85. The average Bonchev–Trinajstić information content (AvgIpc) is 2.52. The molecule has 1 rings (SSSR count). The minimum Gasteiger partial charge on any atom is -0.440 e.